The van der Waals surface area contributed by atoms with Crippen LogP contribution in [0.1, 0.15) is 151 Å². The molecular weight excluding hydrogens is 543 g/mol. The molecule has 0 unspecified atom stereocenters. The minimum Gasteiger partial charge on any atom is -0.493 e. The molecule has 0 saturated carbocycles. The van der Waals surface area contributed by atoms with E-state index < -0.39 is 0 Å². The minimum absolute atomic E-state index is 0. The second-order valence-electron chi connectivity index (χ2n) is 11.5. The van der Waals surface area contributed by atoms with Crippen LogP contribution >= 0.6 is 0 Å². The van der Waals surface area contributed by atoms with Crippen LogP contribution in [0, 0.1) is 0 Å². The van der Waals surface area contributed by atoms with Crippen molar-refractivity contribution >= 4 is 11.4 Å². The van der Waals surface area contributed by atoms with Gasteiger partial charge in [-0.15, -0.1) is 0 Å². The zero-order valence-electron chi connectivity index (χ0n) is 27.4. The molecule has 1 heterocycles. The number of benzene rings is 2. The Kier molecular flexibility index (Phi) is 14.8. The van der Waals surface area contributed by atoms with Crippen molar-refractivity contribution < 1.29 is 21.2 Å². The van der Waals surface area contributed by atoms with Gasteiger partial charge in [0.15, 0.2) is 0 Å². The molecular formula is C38H56N2Ni. The Labute approximate surface area is 262 Å². The summed E-state index contributed by atoms with van der Waals surface area (Å²) in [6.45, 7) is 18.2. The third-order valence-electron chi connectivity index (χ3n) is 9.07. The number of rotatable bonds is 16. The van der Waals surface area contributed by atoms with Crippen LogP contribution in [0.15, 0.2) is 35.4 Å². The SMILES string of the molecule is CCCCCCC1=C(c2cc(CC)c(CC)c(CC)c2)[N+](=[N-])C(c2cc(CC)c(CC)c(CC)c2)=C1CCCC.[Ni]. The molecule has 0 atom stereocenters. The molecule has 2 aromatic carbocycles. The zero-order chi connectivity index (χ0) is 29.2. The molecule has 0 spiro atoms. The number of hydrogen-bond acceptors (Lipinski definition) is 0. The Morgan fingerprint density at radius 3 is 1.17 bits per heavy atom. The fourth-order valence-electron chi connectivity index (χ4n) is 6.91. The van der Waals surface area contributed by atoms with Crippen molar-refractivity contribution in [2.24, 2.45) is 0 Å². The Bertz CT molecular complexity index is 1200. The van der Waals surface area contributed by atoms with E-state index in [1.807, 2.05) is 0 Å². The Morgan fingerprint density at radius 1 is 0.488 bits per heavy atom. The van der Waals surface area contributed by atoms with Crippen LogP contribution < -0.4 is 0 Å². The largest absolute Gasteiger partial charge is 0.493 e. The van der Waals surface area contributed by atoms with E-state index >= 15 is 0 Å². The van der Waals surface area contributed by atoms with Crippen molar-refractivity contribution in [2.45, 2.75) is 145 Å². The number of allylic oxidation sites excluding steroid dienone is 2. The molecule has 0 bridgehead atoms. The zero-order valence-corrected chi connectivity index (χ0v) is 28.4. The molecule has 0 saturated heterocycles. The molecule has 0 N–H and O–H groups in total. The number of aryl methyl sites for hydroxylation is 4. The summed E-state index contributed by atoms with van der Waals surface area (Å²) in [5.41, 5.74) is 28.2. The van der Waals surface area contributed by atoms with Crippen molar-refractivity contribution in [2.75, 3.05) is 0 Å². The first-order valence-electron chi connectivity index (χ1n) is 16.7. The van der Waals surface area contributed by atoms with Gasteiger partial charge in [-0.05, 0) is 122 Å². The first-order chi connectivity index (χ1) is 19.4. The quantitative estimate of drug-likeness (QED) is 0.104. The molecule has 0 radical (unpaired) electrons. The number of unbranched alkanes of at least 4 members (excludes halogenated alkanes) is 4. The van der Waals surface area contributed by atoms with E-state index in [0.717, 1.165) is 75.6 Å². The second kappa shape index (κ2) is 17.2. The monoisotopic (exact) mass is 598 g/mol. The number of hydrogen-bond donors (Lipinski definition) is 0. The van der Waals surface area contributed by atoms with Gasteiger partial charge in [0.2, 0.25) is 11.4 Å². The Hall–Kier alpha value is -1.99. The molecule has 2 nitrogen and oxygen atoms in total. The topological polar surface area (TPSA) is 25.3 Å². The molecule has 2 aromatic rings. The third kappa shape index (κ3) is 7.70. The van der Waals surface area contributed by atoms with Crippen LogP contribution in [0.25, 0.3) is 16.9 Å². The van der Waals surface area contributed by atoms with Gasteiger partial charge in [-0.1, -0.05) is 81.1 Å². The fraction of sp³-hybridized carbons (Fsp3) is 0.579. The maximum Gasteiger partial charge on any atom is 0.211 e. The summed E-state index contributed by atoms with van der Waals surface area (Å²) >= 11 is 0. The summed E-state index contributed by atoms with van der Waals surface area (Å²) < 4.78 is 1.61. The summed E-state index contributed by atoms with van der Waals surface area (Å²) in [5.74, 6) is 0. The summed E-state index contributed by atoms with van der Waals surface area (Å²) in [4.78, 5) is 0. The van der Waals surface area contributed by atoms with E-state index in [-0.39, 0.29) is 16.5 Å². The van der Waals surface area contributed by atoms with Gasteiger partial charge >= 0.3 is 0 Å². The van der Waals surface area contributed by atoms with Crippen molar-refractivity contribution in [3.05, 3.63) is 85.5 Å². The van der Waals surface area contributed by atoms with Crippen molar-refractivity contribution in [3.8, 4) is 0 Å². The van der Waals surface area contributed by atoms with Crippen LogP contribution in [0.2, 0.25) is 0 Å². The van der Waals surface area contributed by atoms with Gasteiger partial charge < -0.3 is 5.53 Å². The second-order valence-corrected chi connectivity index (χ2v) is 11.5. The third-order valence-corrected chi connectivity index (χ3v) is 9.07. The van der Waals surface area contributed by atoms with E-state index in [9.17, 15) is 5.53 Å². The fourth-order valence-corrected chi connectivity index (χ4v) is 6.91. The van der Waals surface area contributed by atoms with Gasteiger partial charge in [0.05, 0.1) is 0 Å². The van der Waals surface area contributed by atoms with Crippen LogP contribution in [-0.2, 0) is 55.0 Å². The van der Waals surface area contributed by atoms with E-state index in [1.54, 1.807) is 4.70 Å². The van der Waals surface area contributed by atoms with Gasteiger partial charge in [0.1, 0.15) is 0 Å². The van der Waals surface area contributed by atoms with Crippen molar-refractivity contribution in [3.63, 3.8) is 0 Å². The Balaban J connectivity index is 0.00000588. The van der Waals surface area contributed by atoms with Crippen molar-refractivity contribution in [1.82, 2.24) is 0 Å². The molecule has 0 amide bonds. The standard InChI is InChI=1S/C38H56N2.Ni/c1-9-17-19-20-22-36-35(21-18-10-2)37(31-23-27(11-3)33(15-7)28(12-4)24-31)40(39)38(36)32-25-29(13-5)34(16-8)30(14-6)26-32;/h23-26H,9-22H2,1-8H3;. The summed E-state index contributed by atoms with van der Waals surface area (Å²) in [5, 5.41) is 0. The van der Waals surface area contributed by atoms with Gasteiger partial charge in [-0.3, -0.25) is 0 Å². The summed E-state index contributed by atoms with van der Waals surface area (Å²) in [6.07, 6.45) is 15.5. The molecule has 41 heavy (non-hydrogen) atoms. The summed E-state index contributed by atoms with van der Waals surface area (Å²) in [6, 6.07) is 9.54. The number of nitrogens with zero attached hydrogens (tertiary/aromatic N) is 2. The Morgan fingerprint density at radius 2 is 0.854 bits per heavy atom. The molecule has 228 valence electrons. The van der Waals surface area contributed by atoms with E-state index in [0.29, 0.717) is 0 Å². The van der Waals surface area contributed by atoms with Crippen molar-refractivity contribution in [1.29, 1.82) is 0 Å². The van der Waals surface area contributed by atoms with Crippen LogP contribution in [0.4, 0.5) is 0 Å². The molecule has 0 aliphatic carbocycles. The van der Waals surface area contributed by atoms with Crippen LogP contribution in [-0.4, -0.2) is 4.70 Å². The van der Waals surface area contributed by atoms with E-state index in [4.69, 9.17) is 0 Å². The first kappa shape index (κ1) is 35.2. The maximum absolute atomic E-state index is 12.2. The predicted octanol–water partition coefficient (Wildman–Crippen LogP) is 11.4. The molecule has 1 aliphatic rings. The van der Waals surface area contributed by atoms with Crippen LogP contribution in [0.3, 0.4) is 0 Å². The molecule has 0 aromatic heterocycles. The van der Waals surface area contributed by atoms with E-state index in [2.05, 4.69) is 79.7 Å². The molecule has 3 rings (SSSR count). The first-order valence-corrected chi connectivity index (χ1v) is 16.7. The predicted molar refractivity (Wildman–Crippen MR) is 175 cm³/mol. The van der Waals surface area contributed by atoms with Gasteiger partial charge in [0, 0.05) is 38.8 Å². The van der Waals surface area contributed by atoms with E-state index in [1.165, 1.54) is 81.3 Å². The maximum atomic E-state index is 12.2. The van der Waals surface area contributed by atoms with Gasteiger partial charge in [-0.25, -0.2) is 4.70 Å². The van der Waals surface area contributed by atoms with Gasteiger partial charge in [0.25, 0.3) is 0 Å². The minimum atomic E-state index is 0. The van der Waals surface area contributed by atoms with Crippen LogP contribution in [0.5, 0.6) is 0 Å². The molecule has 0 fully saturated rings. The molecule has 3 heteroatoms. The smallest absolute Gasteiger partial charge is 0.211 e. The molecule has 1 aliphatic heterocycles. The average Bonchev–Trinajstić information content (AvgIpc) is 3.26. The van der Waals surface area contributed by atoms with Gasteiger partial charge in [-0.2, -0.15) is 0 Å². The summed E-state index contributed by atoms with van der Waals surface area (Å²) in [7, 11) is 0. The average molecular weight is 600 g/mol. The normalized spacial score (nSPS) is 13.4.